The first kappa shape index (κ1) is 22.9. The van der Waals surface area contributed by atoms with E-state index in [9.17, 15) is 37.1 Å². The monoisotopic (exact) mass is 473 g/mol. The number of hydrogen-bond acceptors (Lipinski definition) is 6. The molecule has 8 nitrogen and oxygen atoms in total. The summed E-state index contributed by atoms with van der Waals surface area (Å²) in [5.41, 5.74) is -5.34. The molecule has 0 saturated carbocycles. The predicted octanol–water partition coefficient (Wildman–Crippen LogP) is 2.26. The summed E-state index contributed by atoms with van der Waals surface area (Å²) in [6.07, 6.45) is -5.00. The third kappa shape index (κ3) is 4.91. The van der Waals surface area contributed by atoms with E-state index in [1.165, 1.54) is 29.2 Å². The van der Waals surface area contributed by atoms with E-state index >= 15 is 0 Å². The summed E-state index contributed by atoms with van der Waals surface area (Å²) in [5.74, 6) is -3.14. The second-order valence-electron chi connectivity index (χ2n) is 6.10. The fourth-order valence-corrected chi connectivity index (χ4v) is 2.74. The van der Waals surface area contributed by atoms with E-state index in [2.05, 4.69) is 0 Å². The first-order valence-electron chi connectivity index (χ1n) is 8.50. The van der Waals surface area contributed by atoms with Crippen molar-refractivity contribution in [1.29, 1.82) is 0 Å². The number of ether oxygens (including phenoxy) is 2. The van der Waals surface area contributed by atoms with Gasteiger partial charge in [0.25, 0.3) is 5.56 Å². The Morgan fingerprint density at radius 1 is 1.09 bits per heavy atom. The van der Waals surface area contributed by atoms with Crippen LogP contribution >= 0.6 is 11.6 Å². The second-order valence-corrected chi connectivity index (χ2v) is 6.51. The van der Waals surface area contributed by atoms with E-state index in [0.29, 0.717) is 6.07 Å². The number of para-hydroxylation sites is 2. The van der Waals surface area contributed by atoms with Gasteiger partial charge in [-0.2, -0.15) is 13.2 Å². The third-order valence-corrected chi connectivity index (χ3v) is 4.19. The van der Waals surface area contributed by atoms with E-state index < -0.39 is 47.2 Å². The number of nitrogens with zero attached hydrogens (tertiary/aromatic N) is 1. The van der Waals surface area contributed by atoms with Crippen LogP contribution in [0.15, 0.2) is 52.1 Å². The van der Waals surface area contributed by atoms with Gasteiger partial charge in [0.15, 0.2) is 11.5 Å². The van der Waals surface area contributed by atoms with Gasteiger partial charge in [-0.25, -0.2) is 13.8 Å². The Hall–Kier alpha value is -3.80. The first-order valence-corrected chi connectivity index (χ1v) is 8.87. The van der Waals surface area contributed by atoms with E-state index in [0.717, 1.165) is 6.07 Å². The van der Waals surface area contributed by atoms with Crippen molar-refractivity contribution < 1.29 is 36.9 Å². The summed E-state index contributed by atoms with van der Waals surface area (Å²) in [4.78, 5) is 36.3. The maximum Gasteiger partial charge on any atom is 0.431 e. The molecule has 3 aromatic rings. The van der Waals surface area contributed by atoms with Gasteiger partial charge >= 0.3 is 11.9 Å². The van der Waals surface area contributed by atoms with E-state index in [1.807, 2.05) is 0 Å². The highest BCUT2D eigenvalue weighted by Crippen LogP contribution is 2.37. The number of benzene rings is 2. The average molecular weight is 474 g/mol. The minimum absolute atomic E-state index is 0.0526. The fraction of sp³-hybridized carbons (Fsp3) is 0.105. The van der Waals surface area contributed by atoms with Gasteiger partial charge in [0.2, 0.25) is 0 Å². The molecule has 13 heteroatoms. The lowest BCUT2D eigenvalue weighted by Crippen LogP contribution is -2.36. The van der Waals surface area contributed by atoms with Crippen molar-refractivity contribution in [3.8, 4) is 22.9 Å². The van der Waals surface area contributed by atoms with E-state index in [4.69, 9.17) is 21.1 Å². The SMILES string of the molecule is O=C([O-])COc1ccccc1Oc1cc(-n2c(=O)cc(C(F)(F)F)[nH]c2=O)c(F)cc1Cl. The Bertz CT molecular complexity index is 1270. The second kappa shape index (κ2) is 8.75. The minimum Gasteiger partial charge on any atom is -0.546 e. The molecule has 32 heavy (non-hydrogen) atoms. The standard InChI is InChI=1S/C19H11ClF4N2O6/c20-9-5-10(21)11(26-16(27)7-15(19(22,23)24)25-18(26)30)6-14(9)32-13-4-2-1-3-12(13)31-8-17(28)29/h1-7H,8H2,(H,25,30)(H,28,29)/p-1. The van der Waals surface area contributed by atoms with Crippen molar-refractivity contribution in [3.63, 3.8) is 0 Å². The first-order chi connectivity index (χ1) is 15.0. The molecule has 0 aliphatic rings. The molecule has 2 aromatic carbocycles. The van der Waals surface area contributed by atoms with E-state index in [1.54, 1.807) is 0 Å². The largest absolute Gasteiger partial charge is 0.546 e. The summed E-state index contributed by atoms with van der Waals surface area (Å²) in [7, 11) is 0. The number of carboxylic acid groups (broad SMARTS) is 1. The van der Waals surface area contributed by atoms with Gasteiger partial charge in [0.1, 0.15) is 23.9 Å². The number of halogens is 5. The van der Waals surface area contributed by atoms with Crippen LogP contribution in [0.5, 0.6) is 17.2 Å². The summed E-state index contributed by atoms with van der Waals surface area (Å²) < 4.78 is 63.5. The van der Waals surface area contributed by atoms with Crippen LogP contribution in [0.4, 0.5) is 17.6 Å². The zero-order valence-corrected chi connectivity index (χ0v) is 16.3. The molecule has 0 radical (unpaired) electrons. The molecular weight excluding hydrogens is 464 g/mol. The molecule has 0 amide bonds. The highest BCUT2D eigenvalue weighted by Gasteiger charge is 2.33. The Kier molecular flexibility index (Phi) is 6.25. The molecule has 3 rings (SSSR count). The lowest BCUT2D eigenvalue weighted by atomic mass is 10.2. The number of hydrogen-bond donors (Lipinski definition) is 1. The summed E-state index contributed by atoms with van der Waals surface area (Å²) >= 11 is 5.95. The quantitative estimate of drug-likeness (QED) is 0.549. The number of aliphatic carboxylic acids is 1. The van der Waals surface area contributed by atoms with Gasteiger partial charge in [-0.15, -0.1) is 0 Å². The third-order valence-electron chi connectivity index (χ3n) is 3.90. The van der Waals surface area contributed by atoms with Crippen LogP contribution < -0.4 is 25.8 Å². The highest BCUT2D eigenvalue weighted by atomic mass is 35.5. The number of aromatic amines is 1. The number of carbonyl (C=O) groups excluding carboxylic acids is 1. The van der Waals surface area contributed by atoms with Crippen LogP contribution in [0.2, 0.25) is 5.02 Å². The van der Waals surface area contributed by atoms with Crippen LogP contribution in [-0.4, -0.2) is 22.1 Å². The number of aromatic nitrogens is 2. The molecule has 1 heterocycles. The van der Waals surface area contributed by atoms with Crippen molar-refractivity contribution in [2.45, 2.75) is 6.18 Å². The number of alkyl halides is 3. The number of carbonyl (C=O) groups is 1. The zero-order valence-electron chi connectivity index (χ0n) is 15.5. The van der Waals surface area contributed by atoms with Crippen LogP contribution in [0.1, 0.15) is 5.69 Å². The summed E-state index contributed by atoms with van der Waals surface area (Å²) in [6.45, 7) is -0.806. The number of nitrogens with one attached hydrogen (secondary N) is 1. The molecule has 0 bridgehead atoms. The van der Waals surface area contributed by atoms with Crippen LogP contribution in [0.3, 0.4) is 0 Å². The Labute approximate surface area is 180 Å². The summed E-state index contributed by atoms with van der Waals surface area (Å²) in [6, 6.07) is 7.28. The van der Waals surface area contributed by atoms with E-state index in [-0.39, 0.29) is 32.9 Å². The normalized spacial score (nSPS) is 11.3. The Morgan fingerprint density at radius 2 is 1.75 bits per heavy atom. The van der Waals surface area contributed by atoms with Crippen molar-refractivity contribution in [3.05, 3.63) is 79.8 Å². The minimum atomic E-state index is -5.00. The molecule has 0 spiro atoms. The molecule has 168 valence electrons. The highest BCUT2D eigenvalue weighted by molar-refractivity contribution is 6.32. The summed E-state index contributed by atoms with van der Waals surface area (Å²) in [5, 5.41) is 10.3. The number of rotatable bonds is 6. The van der Waals surface area contributed by atoms with Gasteiger partial charge in [-0.1, -0.05) is 23.7 Å². The molecule has 1 aromatic heterocycles. The van der Waals surface area contributed by atoms with Crippen LogP contribution in [0.25, 0.3) is 5.69 Å². The molecule has 1 N–H and O–H groups in total. The van der Waals surface area contributed by atoms with Crippen molar-refractivity contribution in [2.24, 2.45) is 0 Å². The molecule has 0 unspecified atom stereocenters. The van der Waals surface area contributed by atoms with Gasteiger partial charge in [-0.05, 0) is 18.2 Å². The van der Waals surface area contributed by atoms with Crippen LogP contribution in [-0.2, 0) is 11.0 Å². The Morgan fingerprint density at radius 3 is 2.34 bits per heavy atom. The molecule has 0 atom stereocenters. The smallest absolute Gasteiger partial charge is 0.431 e. The number of H-pyrrole nitrogens is 1. The lowest BCUT2D eigenvalue weighted by Gasteiger charge is -2.15. The molecule has 0 fully saturated rings. The maximum atomic E-state index is 14.5. The van der Waals surface area contributed by atoms with Crippen molar-refractivity contribution in [1.82, 2.24) is 9.55 Å². The number of carboxylic acids is 1. The molecular formula is C19H10ClF4N2O6-. The Balaban J connectivity index is 2.07. The fourth-order valence-electron chi connectivity index (χ4n) is 2.55. The van der Waals surface area contributed by atoms with Crippen LogP contribution in [0, 0.1) is 5.82 Å². The van der Waals surface area contributed by atoms with Gasteiger partial charge in [0.05, 0.1) is 16.7 Å². The molecule has 0 aliphatic heterocycles. The van der Waals surface area contributed by atoms with Crippen molar-refractivity contribution >= 4 is 17.6 Å². The zero-order chi connectivity index (χ0) is 23.6. The average Bonchev–Trinajstić information content (AvgIpc) is 2.69. The van der Waals surface area contributed by atoms with Gasteiger partial charge in [0, 0.05) is 12.1 Å². The molecule has 0 aliphatic carbocycles. The molecule has 0 saturated heterocycles. The van der Waals surface area contributed by atoms with Gasteiger partial charge < -0.3 is 24.4 Å². The van der Waals surface area contributed by atoms with Gasteiger partial charge in [-0.3, -0.25) is 4.79 Å². The van der Waals surface area contributed by atoms with Crippen molar-refractivity contribution in [2.75, 3.05) is 6.61 Å². The maximum absolute atomic E-state index is 14.5. The lowest BCUT2D eigenvalue weighted by molar-refractivity contribution is -0.307. The topological polar surface area (TPSA) is 113 Å². The predicted molar refractivity (Wildman–Crippen MR) is 99.6 cm³/mol.